The van der Waals surface area contributed by atoms with Crippen molar-refractivity contribution in [2.75, 3.05) is 18.0 Å². The van der Waals surface area contributed by atoms with Gasteiger partial charge in [0.05, 0.1) is 5.69 Å². The molecule has 1 aromatic heterocycles. The first kappa shape index (κ1) is 17.7. The number of carbonyl (C=O) groups is 1. The molecule has 0 aliphatic carbocycles. The summed E-state index contributed by atoms with van der Waals surface area (Å²) in [6.45, 7) is 1.52. The summed E-state index contributed by atoms with van der Waals surface area (Å²) in [6, 6.07) is 15.7. The predicted molar refractivity (Wildman–Crippen MR) is 106 cm³/mol. The zero-order valence-corrected chi connectivity index (χ0v) is 16.0. The van der Waals surface area contributed by atoms with E-state index in [1.807, 2.05) is 24.3 Å². The largest absolute Gasteiger partial charge is 0.353 e. The molecule has 27 heavy (non-hydrogen) atoms. The molecular formula is C20H18BrFN4O. The quantitative estimate of drug-likeness (QED) is 0.660. The van der Waals surface area contributed by atoms with Crippen LogP contribution in [0.5, 0.6) is 0 Å². The van der Waals surface area contributed by atoms with Crippen LogP contribution in [-0.2, 0) is 0 Å². The van der Waals surface area contributed by atoms with Crippen molar-refractivity contribution in [3.63, 3.8) is 0 Å². The number of nitrogens with zero attached hydrogens (tertiary/aromatic N) is 2. The lowest BCUT2D eigenvalue weighted by molar-refractivity contribution is 0.0940. The number of benzene rings is 2. The van der Waals surface area contributed by atoms with Crippen molar-refractivity contribution in [3.8, 4) is 11.3 Å². The van der Waals surface area contributed by atoms with Gasteiger partial charge in [0.25, 0.3) is 5.91 Å². The third-order valence-corrected chi connectivity index (χ3v) is 5.15. The van der Waals surface area contributed by atoms with Crippen LogP contribution in [0.4, 0.5) is 10.2 Å². The van der Waals surface area contributed by atoms with E-state index in [1.165, 1.54) is 12.1 Å². The maximum absolute atomic E-state index is 13.1. The number of hydrogen-bond acceptors (Lipinski definition) is 3. The van der Waals surface area contributed by atoms with E-state index in [0.717, 1.165) is 34.5 Å². The number of halogens is 2. The molecule has 4 rings (SSSR count). The topological polar surface area (TPSA) is 61.0 Å². The number of hydrogen-bond donors (Lipinski definition) is 2. The highest BCUT2D eigenvalue weighted by Gasteiger charge is 2.26. The highest BCUT2D eigenvalue weighted by atomic mass is 79.9. The molecule has 2 heterocycles. The van der Waals surface area contributed by atoms with Crippen molar-refractivity contribution in [1.29, 1.82) is 0 Å². The minimum atomic E-state index is -0.262. The summed E-state index contributed by atoms with van der Waals surface area (Å²) in [5.74, 6) is 0.493. The van der Waals surface area contributed by atoms with E-state index in [-0.39, 0.29) is 17.8 Å². The van der Waals surface area contributed by atoms with Crippen molar-refractivity contribution in [2.45, 2.75) is 12.5 Å². The van der Waals surface area contributed by atoms with E-state index in [2.05, 4.69) is 36.3 Å². The highest BCUT2D eigenvalue weighted by molar-refractivity contribution is 9.10. The second-order valence-electron chi connectivity index (χ2n) is 6.56. The normalized spacial score (nSPS) is 16.5. The van der Waals surface area contributed by atoms with E-state index in [9.17, 15) is 9.18 Å². The molecule has 0 unspecified atom stereocenters. The maximum Gasteiger partial charge on any atom is 0.251 e. The Morgan fingerprint density at radius 3 is 2.81 bits per heavy atom. The van der Waals surface area contributed by atoms with Gasteiger partial charge in [-0.15, -0.1) is 0 Å². The number of H-pyrrole nitrogens is 1. The number of rotatable bonds is 4. The van der Waals surface area contributed by atoms with Crippen molar-refractivity contribution < 1.29 is 9.18 Å². The number of aromatic nitrogens is 2. The molecular weight excluding hydrogens is 411 g/mol. The Labute approximate surface area is 164 Å². The van der Waals surface area contributed by atoms with Crippen LogP contribution >= 0.6 is 15.9 Å². The first-order chi connectivity index (χ1) is 13.1. The fourth-order valence-electron chi connectivity index (χ4n) is 3.24. The van der Waals surface area contributed by atoms with Crippen molar-refractivity contribution in [3.05, 3.63) is 70.5 Å². The molecule has 2 aromatic carbocycles. The third kappa shape index (κ3) is 4.03. The zero-order chi connectivity index (χ0) is 18.8. The SMILES string of the molecule is O=C(N[C@H]1CCN(c2cc(-c3ccc(F)cc3)[nH]n2)C1)c1cccc(Br)c1. The van der Waals surface area contributed by atoms with Crippen LogP contribution in [0, 0.1) is 5.82 Å². The molecule has 3 aromatic rings. The Kier molecular flexibility index (Phi) is 4.94. The molecule has 2 N–H and O–H groups in total. The minimum absolute atomic E-state index is 0.0717. The standard InChI is InChI=1S/C20H18BrFN4O/c21-15-3-1-2-14(10-15)20(27)23-17-8-9-26(12-17)19-11-18(24-25-19)13-4-6-16(22)7-5-13/h1-7,10-11,17H,8-9,12H2,(H,23,27)(H,24,25)/t17-/m0/s1. The molecule has 1 fully saturated rings. The van der Waals surface area contributed by atoms with Crippen molar-refractivity contribution in [1.82, 2.24) is 15.5 Å². The molecule has 1 atom stereocenters. The third-order valence-electron chi connectivity index (χ3n) is 4.65. The molecule has 0 bridgehead atoms. The zero-order valence-electron chi connectivity index (χ0n) is 14.5. The predicted octanol–water partition coefficient (Wildman–Crippen LogP) is 3.99. The second-order valence-corrected chi connectivity index (χ2v) is 7.48. The molecule has 1 saturated heterocycles. The summed E-state index contributed by atoms with van der Waals surface area (Å²) in [5, 5.41) is 10.5. The van der Waals surface area contributed by atoms with Gasteiger partial charge in [-0.05, 0) is 54.4 Å². The van der Waals surface area contributed by atoms with E-state index >= 15 is 0 Å². The lowest BCUT2D eigenvalue weighted by atomic mass is 10.1. The lowest BCUT2D eigenvalue weighted by Gasteiger charge is -2.16. The number of nitrogens with one attached hydrogen (secondary N) is 2. The van der Waals surface area contributed by atoms with Gasteiger partial charge in [-0.1, -0.05) is 22.0 Å². The molecule has 1 aliphatic rings. The smallest absolute Gasteiger partial charge is 0.251 e. The van der Waals surface area contributed by atoms with Crippen LogP contribution in [0.25, 0.3) is 11.3 Å². The van der Waals surface area contributed by atoms with E-state index in [0.29, 0.717) is 12.1 Å². The average molecular weight is 429 g/mol. The van der Waals surface area contributed by atoms with E-state index in [1.54, 1.807) is 18.2 Å². The summed E-state index contributed by atoms with van der Waals surface area (Å²) in [6.07, 6.45) is 0.860. The fraction of sp³-hybridized carbons (Fsp3) is 0.200. The summed E-state index contributed by atoms with van der Waals surface area (Å²) in [5.41, 5.74) is 2.36. The summed E-state index contributed by atoms with van der Waals surface area (Å²) in [7, 11) is 0. The van der Waals surface area contributed by atoms with Crippen molar-refractivity contribution in [2.24, 2.45) is 0 Å². The number of amides is 1. The van der Waals surface area contributed by atoms with Gasteiger partial charge >= 0.3 is 0 Å². The highest BCUT2D eigenvalue weighted by Crippen LogP contribution is 2.25. The molecule has 5 nitrogen and oxygen atoms in total. The van der Waals surface area contributed by atoms with Crippen LogP contribution in [-0.4, -0.2) is 35.2 Å². The number of carbonyl (C=O) groups excluding carboxylic acids is 1. The van der Waals surface area contributed by atoms with Gasteiger partial charge in [0, 0.05) is 35.2 Å². The molecule has 1 amide bonds. The van der Waals surface area contributed by atoms with Gasteiger partial charge in [-0.25, -0.2) is 4.39 Å². The van der Waals surface area contributed by atoms with Gasteiger partial charge in [-0.2, -0.15) is 5.10 Å². The summed E-state index contributed by atoms with van der Waals surface area (Å²) < 4.78 is 14.0. The van der Waals surface area contributed by atoms with Gasteiger partial charge in [0.1, 0.15) is 5.82 Å². The Hall–Kier alpha value is -2.67. The second kappa shape index (κ2) is 7.52. The average Bonchev–Trinajstić information content (AvgIpc) is 3.32. The molecule has 7 heteroatoms. The molecule has 0 saturated carbocycles. The molecule has 1 aliphatic heterocycles. The Morgan fingerprint density at radius 1 is 1.22 bits per heavy atom. The summed E-state index contributed by atoms with van der Waals surface area (Å²) in [4.78, 5) is 14.5. The Balaban J connectivity index is 1.40. The number of anilines is 1. The first-order valence-corrected chi connectivity index (χ1v) is 9.50. The Bertz CT molecular complexity index is 957. The van der Waals surface area contributed by atoms with Gasteiger partial charge < -0.3 is 10.2 Å². The van der Waals surface area contributed by atoms with Gasteiger partial charge in [-0.3, -0.25) is 9.89 Å². The molecule has 0 spiro atoms. The van der Waals surface area contributed by atoms with Crippen LogP contribution in [0.2, 0.25) is 0 Å². The summed E-state index contributed by atoms with van der Waals surface area (Å²) >= 11 is 3.39. The maximum atomic E-state index is 13.1. The monoisotopic (exact) mass is 428 g/mol. The molecule has 138 valence electrons. The van der Waals surface area contributed by atoms with Crippen LogP contribution in [0.3, 0.4) is 0 Å². The van der Waals surface area contributed by atoms with Crippen LogP contribution in [0.15, 0.2) is 59.1 Å². The Morgan fingerprint density at radius 2 is 2.04 bits per heavy atom. The van der Waals surface area contributed by atoms with Gasteiger partial charge in [0.2, 0.25) is 0 Å². The molecule has 0 radical (unpaired) electrons. The van der Waals surface area contributed by atoms with Crippen LogP contribution < -0.4 is 10.2 Å². The lowest BCUT2D eigenvalue weighted by Crippen LogP contribution is -2.37. The van der Waals surface area contributed by atoms with E-state index in [4.69, 9.17) is 0 Å². The number of aromatic amines is 1. The minimum Gasteiger partial charge on any atom is -0.353 e. The van der Waals surface area contributed by atoms with E-state index < -0.39 is 0 Å². The first-order valence-electron chi connectivity index (χ1n) is 8.71. The fourth-order valence-corrected chi connectivity index (χ4v) is 3.63. The van der Waals surface area contributed by atoms with Crippen LogP contribution in [0.1, 0.15) is 16.8 Å². The van der Waals surface area contributed by atoms with Crippen molar-refractivity contribution >= 4 is 27.7 Å². The van der Waals surface area contributed by atoms with Gasteiger partial charge in [0.15, 0.2) is 5.82 Å².